The van der Waals surface area contributed by atoms with E-state index in [1.165, 1.54) is 0 Å². The lowest BCUT2D eigenvalue weighted by atomic mass is 10.1. The van der Waals surface area contributed by atoms with Crippen LogP contribution in [0.3, 0.4) is 0 Å². The van der Waals surface area contributed by atoms with Gasteiger partial charge >= 0.3 is 6.01 Å². The molecule has 0 saturated heterocycles. The monoisotopic (exact) mass is 370 g/mol. The van der Waals surface area contributed by atoms with E-state index < -0.39 is 5.60 Å². The van der Waals surface area contributed by atoms with Gasteiger partial charge in [0.25, 0.3) is 0 Å². The number of ether oxygens (including phenoxy) is 1. The number of nitrogens with one attached hydrogen (secondary N) is 1. The lowest BCUT2D eigenvalue weighted by Gasteiger charge is -2.18. The Morgan fingerprint density at radius 3 is 2.74 bits per heavy atom. The molecule has 0 spiro atoms. The van der Waals surface area contributed by atoms with Crippen molar-refractivity contribution in [1.82, 2.24) is 14.8 Å². The average Bonchev–Trinajstić information content (AvgIpc) is 3.27. The van der Waals surface area contributed by atoms with Gasteiger partial charge in [-0.25, -0.2) is 4.68 Å². The Kier molecular flexibility index (Phi) is 5.51. The molecule has 7 heteroatoms. The summed E-state index contributed by atoms with van der Waals surface area (Å²) in [6, 6.07) is 11.7. The molecular formula is C20H26N4O3. The van der Waals surface area contributed by atoms with Crippen LogP contribution >= 0.6 is 0 Å². The summed E-state index contributed by atoms with van der Waals surface area (Å²) in [6.45, 7) is 8.63. The van der Waals surface area contributed by atoms with Gasteiger partial charge in [0.2, 0.25) is 5.82 Å². The van der Waals surface area contributed by atoms with Crippen LogP contribution in [-0.2, 0) is 0 Å². The molecule has 0 aliphatic carbocycles. The number of anilines is 1. The van der Waals surface area contributed by atoms with Crippen LogP contribution in [0, 0.1) is 5.92 Å². The van der Waals surface area contributed by atoms with Gasteiger partial charge in [-0.15, -0.1) is 5.10 Å². The predicted molar refractivity (Wildman–Crippen MR) is 104 cm³/mol. The van der Waals surface area contributed by atoms with Crippen molar-refractivity contribution in [2.24, 2.45) is 5.92 Å². The maximum absolute atomic E-state index is 9.92. The highest BCUT2D eigenvalue weighted by Gasteiger charge is 2.18. The van der Waals surface area contributed by atoms with Crippen molar-refractivity contribution in [2.75, 3.05) is 18.5 Å². The molecule has 0 aliphatic rings. The molecule has 0 unspecified atom stereocenters. The molecule has 2 heterocycles. The van der Waals surface area contributed by atoms with Crippen LogP contribution in [0.2, 0.25) is 0 Å². The standard InChI is InChI=1S/C20H26N4O3/c1-14(2)12-27-19-22-18(17-9-6-10-26-17)24(23-19)16-8-5-7-15(11-16)21-13-20(3,4)25/h5-11,14,21,25H,12-13H2,1-4H3. The van der Waals surface area contributed by atoms with E-state index in [9.17, 15) is 5.11 Å². The molecule has 0 aliphatic heterocycles. The molecule has 1 aromatic carbocycles. The van der Waals surface area contributed by atoms with E-state index in [1.54, 1.807) is 24.8 Å². The first-order chi connectivity index (χ1) is 12.8. The Labute approximate surface area is 159 Å². The van der Waals surface area contributed by atoms with Gasteiger partial charge in [-0.2, -0.15) is 4.98 Å². The molecule has 2 aromatic heterocycles. The number of hydrogen-bond donors (Lipinski definition) is 2. The minimum atomic E-state index is -0.805. The van der Waals surface area contributed by atoms with Crippen LogP contribution in [0.1, 0.15) is 27.7 Å². The average molecular weight is 370 g/mol. The largest absolute Gasteiger partial charge is 0.462 e. The molecule has 0 bridgehead atoms. The third-order valence-corrected chi connectivity index (χ3v) is 3.69. The van der Waals surface area contributed by atoms with E-state index in [-0.39, 0.29) is 0 Å². The second kappa shape index (κ2) is 7.84. The topological polar surface area (TPSA) is 85.3 Å². The fourth-order valence-corrected chi connectivity index (χ4v) is 2.41. The Morgan fingerprint density at radius 1 is 1.26 bits per heavy atom. The number of rotatable bonds is 8. The predicted octanol–water partition coefficient (Wildman–Crippen LogP) is 3.74. The minimum Gasteiger partial charge on any atom is -0.462 e. The van der Waals surface area contributed by atoms with Crippen LogP contribution in [0.5, 0.6) is 6.01 Å². The molecule has 0 atom stereocenters. The highest BCUT2D eigenvalue weighted by molar-refractivity contribution is 5.56. The summed E-state index contributed by atoms with van der Waals surface area (Å²) in [6.07, 6.45) is 1.60. The highest BCUT2D eigenvalue weighted by Crippen LogP contribution is 2.25. The molecule has 0 saturated carbocycles. The zero-order chi connectivity index (χ0) is 19.4. The van der Waals surface area contributed by atoms with Crippen molar-refractivity contribution >= 4 is 5.69 Å². The summed E-state index contributed by atoms with van der Waals surface area (Å²) in [4.78, 5) is 4.49. The van der Waals surface area contributed by atoms with Crippen LogP contribution < -0.4 is 10.1 Å². The quantitative estimate of drug-likeness (QED) is 0.628. The summed E-state index contributed by atoms with van der Waals surface area (Å²) in [7, 11) is 0. The molecule has 144 valence electrons. The summed E-state index contributed by atoms with van der Waals surface area (Å²) >= 11 is 0. The Morgan fingerprint density at radius 2 is 2.07 bits per heavy atom. The van der Waals surface area contributed by atoms with Crippen LogP contribution in [0.15, 0.2) is 47.1 Å². The van der Waals surface area contributed by atoms with E-state index >= 15 is 0 Å². The molecule has 3 aromatic rings. The summed E-state index contributed by atoms with van der Waals surface area (Å²) in [5.74, 6) is 1.55. The smallest absolute Gasteiger partial charge is 0.336 e. The molecule has 2 N–H and O–H groups in total. The van der Waals surface area contributed by atoms with Gasteiger partial charge in [-0.1, -0.05) is 19.9 Å². The van der Waals surface area contributed by atoms with Gasteiger partial charge in [0, 0.05) is 12.2 Å². The summed E-state index contributed by atoms with van der Waals surface area (Å²) in [5, 5.41) is 17.7. The SMILES string of the molecule is CC(C)COc1nc(-c2ccco2)n(-c2cccc(NCC(C)(C)O)c2)n1. The number of hydrogen-bond acceptors (Lipinski definition) is 6. The summed E-state index contributed by atoms with van der Waals surface area (Å²) in [5.41, 5.74) is 0.884. The molecule has 0 amide bonds. The second-order valence-electron chi connectivity index (χ2n) is 7.53. The van der Waals surface area contributed by atoms with Crippen molar-refractivity contribution in [1.29, 1.82) is 0 Å². The first-order valence-electron chi connectivity index (χ1n) is 9.02. The van der Waals surface area contributed by atoms with Gasteiger partial charge in [0.1, 0.15) is 0 Å². The van der Waals surface area contributed by atoms with Gasteiger partial charge in [-0.05, 0) is 50.1 Å². The summed E-state index contributed by atoms with van der Waals surface area (Å²) < 4.78 is 12.9. The number of aliphatic hydroxyl groups is 1. The molecule has 27 heavy (non-hydrogen) atoms. The first-order valence-corrected chi connectivity index (χ1v) is 9.02. The molecule has 0 radical (unpaired) electrons. The molecule has 3 rings (SSSR count). The van der Waals surface area contributed by atoms with Gasteiger partial charge in [0.05, 0.1) is 24.2 Å². The fourth-order valence-electron chi connectivity index (χ4n) is 2.41. The van der Waals surface area contributed by atoms with Crippen LogP contribution in [0.4, 0.5) is 5.69 Å². The molecular weight excluding hydrogens is 344 g/mol. The highest BCUT2D eigenvalue weighted by atomic mass is 16.5. The third-order valence-electron chi connectivity index (χ3n) is 3.69. The zero-order valence-corrected chi connectivity index (χ0v) is 16.1. The van der Waals surface area contributed by atoms with Crippen molar-refractivity contribution in [3.63, 3.8) is 0 Å². The van der Waals surface area contributed by atoms with E-state index in [2.05, 4.69) is 29.2 Å². The maximum atomic E-state index is 9.92. The number of aromatic nitrogens is 3. The normalized spacial score (nSPS) is 11.8. The maximum Gasteiger partial charge on any atom is 0.336 e. The zero-order valence-electron chi connectivity index (χ0n) is 16.1. The van der Waals surface area contributed by atoms with Crippen molar-refractivity contribution in [3.8, 4) is 23.3 Å². The van der Waals surface area contributed by atoms with Crippen molar-refractivity contribution < 1.29 is 14.3 Å². The number of furan rings is 1. The fraction of sp³-hybridized carbons (Fsp3) is 0.400. The lowest BCUT2D eigenvalue weighted by molar-refractivity contribution is 0.0945. The molecule has 0 fully saturated rings. The Balaban J connectivity index is 1.92. The lowest BCUT2D eigenvalue weighted by Crippen LogP contribution is -2.29. The van der Waals surface area contributed by atoms with Gasteiger partial charge < -0.3 is 19.6 Å². The Bertz CT molecular complexity index is 864. The van der Waals surface area contributed by atoms with E-state index in [0.29, 0.717) is 36.7 Å². The first kappa shape index (κ1) is 19.0. The minimum absolute atomic E-state index is 0.310. The number of benzene rings is 1. The van der Waals surface area contributed by atoms with Gasteiger partial charge in [0.15, 0.2) is 5.76 Å². The van der Waals surface area contributed by atoms with Crippen molar-refractivity contribution in [2.45, 2.75) is 33.3 Å². The van der Waals surface area contributed by atoms with Crippen LogP contribution in [-0.4, -0.2) is 38.6 Å². The van der Waals surface area contributed by atoms with Crippen LogP contribution in [0.25, 0.3) is 17.3 Å². The number of nitrogens with zero attached hydrogens (tertiary/aromatic N) is 3. The molecule has 7 nitrogen and oxygen atoms in total. The van der Waals surface area contributed by atoms with Crippen molar-refractivity contribution in [3.05, 3.63) is 42.7 Å². The van der Waals surface area contributed by atoms with E-state index in [1.807, 2.05) is 36.4 Å². The third kappa shape index (κ3) is 5.10. The Hall–Kier alpha value is -2.80. The van der Waals surface area contributed by atoms with E-state index in [0.717, 1.165) is 11.4 Å². The van der Waals surface area contributed by atoms with E-state index in [4.69, 9.17) is 9.15 Å². The second-order valence-corrected chi connectivity index (χ2v) is 7.53. The van der Waals surface area contributed by atoms with Gasteiger partial charge in [-0.3, -0.25) is 0 Å².